The van der Waals surface area contributed by atoms with E-state index in [-0.39, 0.29) is 25.2 Å². The number of hydrogen-bond acceptors (Lipinski definition) is 8. The van der Waals surface area contributed by atoms with Gasteiger partial charge in [-0.05, 0) is 44.2 Å². The van der Waals surface area contributed by atoms with Crippen molar-refractivity contribution in [2.24, 2.45) is 29.1 Å². The molecule has 10 atom stereocenters. The predicted molar refractivity (Wildman–Crippen MR) is 144 cm³/mol. The third-order valence-electron chi connectivity index (χ3n) is 10.8. The van der Waals surface area contributed by atoms with Gasteiger partial charge in [-0.3, -0.25) is 4.79 Å². The molecule has 2 bridgehead atoms. The number of esters is 1. The van der Waals surface area contributed by atoms with Crippen LogP contribution in [0.25, 0.3) is 0 Å². The lowest BCUT2D eigenvalue weighted by atomic mass is 9.63. The van der Waals surface area contributed by atoms with Crippen LogP contribution < -0.4 is 0 Å². The molecular weight excluding hydrogens is 512 g/mol. The van der Waals surface area contributed by atoms with Gasteiger partial charge in [0, 0.05) is 35.5 Å². The average Bonchev–Trinajstić information content (AvgIpc) is 3.23. The average molecular weight is 553 g/mol. The number of ether oxygens (including phenoxy) is 3. The second-order valence-corrected chi connectivity index (χ2v) is 13.4. The van der Waals surface area contributed by atoms with Crippen LogP contribution in [0.3, 0.4) is 0 Å². The number of ketones is 1. The van der Waals surface area contributed by atoms with E-state index >= 15 is 0 Å². The summed E-state index contributed by atoms with van der Waals surface area (Å²) in [5.74, 6) is -5.31. The summed E-state index contributed by atoms with van der Waals surface area (Å²) in [6, 6.07) is 9.58. The van der Waals surface area contributed by atoms with Gasteiger partial charge in [-0.25, -0.2) is 4.79 Å². The maximum Gasteiger partial charge on any atom is 0.339 e. The summed E-state index contributed by atoms with van der Waals surface area (Å²) in [4.78, 5) is 27.1. The normalized spacial score (nSPS) is 45.9. The molecule has 5 aliphatic rings. The first-order chi connectivity index (χ1) is 18.7. The Morgan fingerprint density at radius 2 is 1.85 bits per heavy atom. The van der Waals surface area contributed by atoms with E-state index in [2.05, 4.69) is 6.58 Å². The van der Waals surface area contributed by atoms with Gasteiger partial charge in [0.25, 0.3) is 0 Å². The maximum absolute atomic E-state index is 13.9. The van der Waals surface area contributed by atoms with Crippen LogP contribution in [0.1, 0.15) is 58.9 Å². The highest BCUT2D eigenvalue weighted by atomic mass is 16.7. The number of allylic oxidation sites excluding steroid dienone is 1. The molecule has 0 unspecified atom stereocenters. The van der Waals surface area contributed by atoms with Crippen LogP contribution in [-0.4, -0.2) is 61.9 Å². The van der Waals surface area contributed by atoms with Crippen molar-refractivity contribution in [1.82, 2.24) is 0 Å². The van der Waals surface area contributed by atoms with Gasteiger partial charge in [-0.2, -0.15) is 0 Å². The van der Waals surface area contributed by atoms with Gasteiger partial charge in [0.15, 0.2) is 5.60 Å². The quantitative estimate of drug-likeness (QED) is 0.376. The third kappa shape index (κ3) is 3.56. The lowest BCUT2D eigenvalue weighted by Gasteiger charge is -2.44. The fourth-order valence-corrected chi connectivity index (χ4v) is 8.95. The largest absolute Gasteiger partial charge is 0.457 e. The zero-order chi connectivity index (χ0) is 28.9. The first-order valence-electron chi connectivity index (χ1n) is 14.3. The number of aliphatic hydroxyl groups excluding tert-OH is 1. The fraction of sp³-hybridized carbons (Fsp3) is 0.625. The van der Waals surface area contributed by atoms with E-state index in [4.69, 9.17) is 14.2 Å². The number of carbonyl (C=O) groups excluding carboxylic acids is 2. The second kappa shape index (κ2) is 8.82. The van der Waals surface area contributed by atoms with Gasteiger partial charge in [0.05, 0.1) is 18.3 Å². The van der Waals surface area contributed by atoms with Crippen molar-refractivity contribution in [1.29, 1.82) is 0 Å². The topological polar surface area (TPSA) is 123 Å². The zero-order valence-corrected chi connectivity index (χ0v) is 23.6. The van der Waals surface area contributed by atoms with Gasteiger partial charge < -0.3 is 29.5 Å². The van der Waals surface area contributed by atoms with Crippen molar-refractivity contribution in [2.75, 3.05) is 0 Å². The molecule has 0 amide bonds. The van der Waals surface area contributed by atoms with Crippen molar-refractivity contribution < 1.29 is 39.1 Å². The summed E-state index contributed by atoms with van der Waals surface area (Å²) in [6.45, 7) is 11.2. The Hall–Kier alpha value is -2.36. The number of fused-ring (bicyclic) bond motifs is 4. The van der Waals surface area contributed by atoms with Crippen molar-refractivity contribution in [3.8, 4) is 0 Å². The summed E-state index contributed by atoms with van der Waals surface area (Å²) >= 11 is 0. The standard InChI is InChI=1S/C32H40O8/c1-6-21(33)23-18(2)25(34)29(5)14-15-30-17-31(36)22(28(3,4)39-27(31)35)13-12-20(30)26(32(37,40-30)24(23)29)38-16-19-10-8-7-9-11-19/h6-12,18,21-24,26,33,36-37H,1,13-17H2,2-5H3/t18-,21-,22-,23+,24-,26-,29-,30-,31+,32-/m0/s1. The molecule has 2 aliphatic carbocycles. The van der Waals surface area contributed by atoms with Gasteiger partial charge in [0.2, 0.25) is 5.79 Å². The SMILES string of the molecule is C=C[C@H](O)[C@H]1[C@H](C)C(=O)[C@@]2(C)CC[C@]34C[C@]5(O)C(=O)OC(C)(C)[C@@H]5CC=C3[C@H](OCc3ccccc3)[C@@](O)(O4)[C@@H]12. The minimum Gasteiger partial charge on any atom is -0.457 e. The van der Waals surface area contributed by atoms with Crippen LogP contribution in [0, 0.1) is 29.1 Å². The van der Waals surface area contributed by atoms with E-state index < -0.39 is 69.9 Å². The molecule has 1 saturated carbocycles. The number of cyclic esters (lactones) is 1. The molecule has 3 saturated heterocycles. The van der Waals surface area contributed by atoms with Crippen LogP contribution in [0.4, 0.5) is 0 Å². The van der Waals surface area contributed by atoms with Crippen molar-refractivity contribution in [2.45, 2.75) is 94.8 Å². The molecule has 6 rings (SSSR count). The monoisotopic (exact) mass is 552 g/mol. The van der Waals surface area contributed by atoms with E-state index in [0.717, 1.165) is 5.56 Å². The van der Waals surface area contributed by atoms with Crippen LogP contribution >= 0.6 is 0 Å². The van der Waals surface area contributed by atoms with E-state index in [0.29, 0.717) is 18.4 Å². The molecule has 3 aliphatic heterocycles. The number of Topliss-reactive ketones (excluding diaryl/α,β-unsaturated/α-hetero) is 1. The zero-order valence-electron chi connectivity index (χ0n) is 23.6. The minimum absolute atomic E-state index is 0.0525. The number of rotatable bonds is 5. The maximum atomic E-state index is 13.9. The minimum atomic E-state index is -2.01. The molecule has 3 N–H and O–H groups in total. The molecule has 8 heteroatoms. The smallest absolute Gasteiger partial charge is 0.339 e. The van der Waals surface area contributed by atoms with Crippen LogP contribution in [0.2, 0.25) is 0 Å². The third-order valence-corrected chi connectivity index (χ3v) is 10.8. The molecule has 1 aromatic rings. The Bertz CT molecular complexity index is 1270. The molecular formula is C32H40O8. The Morgan fingerprint density at radius 1 is 1.15 bits per heavy atom. The van der Waals surface area contributed by atoms with Gasteiger partial charge >= 0.3 is 5.97 Å². The van der Waals surface area contributed by atoms with Crippen LogP contribution in [-0.2, 0) is 30.4 Å². The van der Waals surface area contributed by atoms with Crippen molar-refractivity contribution in [3.63, 3.8) is 0 Å². The molecule has 3 heterocycles. The summed E-state index contributed by atoms with van der Waals surface area (Å²) in [6.07, 6.45) is 2.16. The molecule has 216 valence electrons. The fourth-order valence-electron chi connectivity index (χ4n) is 8.95. The van der Waals surface area contributed by atoms with E-state index in [1.165, 1.54) is 6.08 Å². The Labute approximate surface area is 235 Å². The summed E-state index contributed by atoms with van der Waals surface area (Å²) in [5, 5.41) is 35.8. The molecule has 0 aromatic heterocycles. The Kier molecular flexibility index (Phi) is 6.13. The Morgan fingerprint density at radius 3 is 2.52 bits per heavy atom. The predicted octanol–water partition coefficient (Wildman–Crippen LogP) is 3.23. The Balaban J connectivity index is 1.52. The number of aliphatic hydroxyl groups is 3. The van der Waals surface area contributed by atoms with Crippen LogP contribution in [0.5, 0.6) is 0 Å². The molecule has 1 aromatic carbocycles. The van der Waals surface area contributed by atoms with Crippen molar-refractivity contribution in [3.05, 3.63) is 60.2 Å². The van der Waals surface area contributed by atoms with Crippen LogP contribution in [0.15, 0.2) is 54.6 Å². The lowest BCUT2D eigenvalue weighted by Crippen LogP contribution is -2.56. The molecule has 40 heavy (non-hydrogen) atoms. The molecule has 8 nitrogen and oxygen atoms in total. The molecule has 4 fully saturated rings. The highest BCUT2D eigenvalue weighted by Crippen LogP contribution is 2.67. The van der Waals surface area contributed by atoms with Gasteiger partial charge in [-0.15, -0.1) is 6.58 Å². The number of benzene rings is 1. The summed E-state index contributed by atoms with van der Waals surface area (Å²) < 4.78 is 19.0. The summed E-state index contributed by atoms with van der Waals surface area (Å²) in [7, 11) is 0. The first kappa shape index (κ1) is 27.8. The van der Waals surface area contributed by atoms with E-state index in [1.54, 1.807) is 20.8 Å². The first-order valence-corrected chi connectivity index (χ1v) is 14.3. The van der Waals surface area contributed by atoms with Gasteiger partial charge in [-0.1, -0.05) is 56.3 Å². The highest BCUT2D eigenvalue weighted by Gasteiger charge is 2.76. The lowest BCUT2D eigenvalue weighted by molar-refractivity contribution is -0.301. The summed E-state index contributed by atoms with van der Waals surface area (Å²) in [5.41, 5.74) is -3.45. The van der Waals surface area contributed by atoms with E-state index in [1.807, 2.05) is 43.3 Å². The van der Waals surface area contributed by atoms with Gasteiger partial charge in [0.1, 0.15) is 17.5 Å². The highest BCUT2D eigenvalue weighted by molar-refractivity contribution is 5.90. The molecule has 0 radical (unpaired) electrons. The molecule has 1 spiro atoms. The second-order valence-electron chi connectivity index (χ2n) is 13.4. The van der Waals surface area contributed by atoms with Crippen molar-refractivity contribution >= 4 is 11.8 Å². The van der Waals surface area contributed by atoms with E-state index in [9.17, 15) is 24.9 Å². The number of hydrogen-bond donors (Lipinski definition) is 3. The number of carbonyl (C=O) groups is 2.